The molecule has 0 spiro atoms. The Kier molecular flexibility index (Phi) is 9.07. The normalized spacial score (nSPS) is 24.3. The number of hydrogen-bond acceptors (Lipinski definition) is 11. The van der Waals surface area contributed by atoms with Crippen LogP contribution in [0.15, 0.2) is 40.0 Å². The summed E-state index contributed by atoms with van der Waals surface area (Å²) in [6.45, 7) is 2.96. The molecule has 1 aromatic carbocycles. The molecule has 4 heterocycles. The van der Waals surface area contributed by atoms with Gasteiger partial charge in [-0.1, -0.05) is 6.07 Å². The number of aliphatic imine (C=N–C) groups is 1. The second kappa shape index (κ2) is 12.4. The van der Waals surface area contributed by atoms with Crippen molar-refractivity contribution >= 4 is 29.1 Å². The topological polar surface area (TPSA) is 126 Å². The van der Waals surface area contributed by atoms with Crippen molar-refractivity contribution in [3.63, 3.8) is 0 Å². The van der Waals surface area contributed by atoms with Crippen LogP contribution in [0, 0.1) is 24.0 Å². The molecule has 45 heavy (non-hydrogen) atoms. The lowest BCUT2D eigenvalue weighted by atomic mass is 9.86. The highest BCUT2D eigenvalue weighted by Gasteiger charge is 2.61. The highest BCUT2D eigenvalue weighted by Crippen LogP contribution is 2.42. The van der Waals surface area contributed by atoms with Gasteiger partial charge in [-0.05, 0) is 38.0 Å². The Balaban J connectivity index is 1.52. The van der Waals surface area contributed by atoms with Crippen LogP contribution in [0.1, 0.15) is 36.0 Å². The maximum absolute atomic E-state index is 15.7. The number of aliphatic carboxylic acids is 1. The first-order chi connectivity index (χ1) is 21.2. The summed E-state index contributed by atoms with van der Waals surface area (Å²) < 4.78 is 70.6. The number of halogens is 4. The molecule has 244 valence electrons. The van der Waals surface area contributed by atoms with Crippen LogP contribution < -0.4 is 5.32 Å². The SMILES string of the molecule is COC(=O)C1=C(CN2CC(F)(F)[C@H]3[C@@H]2CON3C[C@@H](OC)C(C)(C)C(=O)O)NC(c2nccs2)=N[C@H]1c1ccc(F)c(F)c1C. The number of rotatable bonds is 10. The van der Waals surface area contributed by atoms with Gasteiger partial charge in [0, 0.05) is 30.9 Å². The third-order valence-corrected chi connectivity index (χ3v) is 9.37. The molecule has 2 aromatic rings. The van der Waals surface area contributed by atoms with Crippen LogP contribution >= 0.6 is 11.3 Å². The monoisotopic (exact) mass is 655 g/mol. The number of fused-ring (bicyclic) bond motifs is 1. The van der Waals surface area contributed by atoms with E-state index in [1.165, 1.54) is 56.4 Å². The first kappa shape index (κ1) is 32.9. The third kappa shape index (κ3) is 5.96. The Morgan fingerprint density at radius 3 is 2.64 bits per heavy atom. The van der Waals surface area contributed by atoms with E-state index in [2.05, 4.69) is 15.3 Å². The van der Waals surface area contributed by atoms with E-state index in [1.807, 2.05) is 0 Å². The van der Waals surface area contributed by atoms with E-state index in [-0.39, 0.29) is 47.9 Å². The standard InChI is InChI=1S/C29H33F4N5O6S/c1-14-15(6-7-16(30)21(14)31)22-20(26(39)43-5)17(35-24(36-22)25-34-8-9-45-25)10-37-13-29(32,33)23-18(37)12-44-38(23)11-19(42-4)28(2,3)27(40)41/h6-9,18-19,22-23H,10-13H2,1-5H3,(H,35,36)(H,40,41)/t18-,19+,22-,23+/m0/s1. The van der Waals surface area contributed by atoms with Crippen LogP contribution in [-0.2, 0) is 23.9 Å². The van der Waals surface area contributed by atoms with E-state index in [0.717, 1.165) is 18.2 Å². The van der Waals surface area contributed by atoms with Gasteiger partial charge in [0.2, 0.25) is 0 Å². The van der Waals surface area contributed by atoms with Crippen molar-refractivity contribution in [2.45, 2.75) is 50.9 Å². The minimum Gasteiger partial charge on any atom is -0.481 e. The second-order valence-corrected chi connectivity index (χ2v) is 12.5. The van der Waals surface area contributed by atoms with Crippen LogP contribution in [0.4, 0.5) is 17.6 Å². The first-order valence-corrected chi connectivity index (χ1v) is 14.9. The highest BCUT2D eigenvalue weighted by atomic mass is 32.1. The molecule has 3 aliphatic rings. The molecule has 0 amide bonds. The fraction of sp³-hybridized carbons (Fsp3) is 0.517. The summed E-state index contributed by atoms with van der Waals surface area (Å²) in [4.78, 5) is 41.2. The predicted molar refractivity (Wildman–Crippen MR) is 154 cm³/mol. The summed E-state index contributed by atoms with van der Waals surface area (Å²) in [6, 6.07) is -1.22. The lowest BCUT2D eigenvalue weighted by molar-refractivity contribution is -0.205. The van der Waals surface area contributed by atoms with Gasteiger partial charge in [-0.15, -0.1) is 11.3 Å². The van der Waals surface area contributed by atoms with Crippen LogP contribution in [-0.4, -0.2) is 102 Å². The summed E-state index contributed by atoms with van der Waals surface area (Å²) in [5, 5.41) is 15.9. The molecule has 11 nitrogen and oxygen atoms in total. The van der Waals surface area contributed by atoms with E-state index in [4.69, 9.17) is 14.3 Å². The van der Waals surface area contributed by atoms with Gasteiger partial charge in [-0.3, -0.25) is 19.5 Å². The number of methoxy groups -OCH3 is 2. The van der Waals surface area contributed by atoms with Gasteiger partial charge in [0.1, 0.15) is 12.1 Å². The minimum absolute atomic E-state index is 0.0582. The Morgan fingerprint density at radius 2 is 2.02 bits per heavy atom. The van der Waals surface area contributed by atoms with Gasteiger partial charge < -0.3 is 19.9 Å². The zero-order chi connectivity index (χ0) is 32.8. The van der Waals surface area contributed by atoms with Crippen LogP contribution in [0.2, 0.25) is 0 Å². The van der Waals surface area contributed by atoms with E-state index in [1.54, 1.807) is 5.38 Å². The summed E-state index contributed by atoms with van der Waals surface area (Å²) in [5.41, 5.74) is -1.16. The molecule has 0 saturated carbocycles. The number of benzene rings is 1. The lowest BCUT2D eigenvalue weighted by Crippen LogP contribution is -2.51. The molecule has 16 heteroatoms. The van der Waals surface area contributed by atoms with Gasteiger partial charge in [-0.2, -0.15) is 5.06 Å². The molecule has 2 saturated heterocycles. The van der Waals surface area contributed by atoms with E-state index in [0.29, 0.717) is 5.01 Å². The number of ether oxygens (including phenoxy) is 2. The molecule has 0 bridgehead atoms. The molecule has 3 aliphatic heterocycles. The average molecular weight is 656 g/mol. The van der Waals surface area contributed by atoms with Crippen molar-refractivity contribution in [2.24, 2.45) is 10.4 Å². The van der Waals surface area contributed by atoms with Crippen molar-refractivity contribution < 1.29 is 46.6 Å². The Hall–Kier alpha value is -3.44. The Bertz CT molecular complexity index is 1540. The number of nitrogens with zero attached hydrogens (tertiary/aromatic N) is 4. The van der Waals surface area contributed by atoms with Gasteiger partial charge in [0.05, 0.1) is 49.9 Å². The number of esters is 1. The van der Waals surface area contributed by atoms with Gasteiger partial charge >= 0.3 is 11.9 Å². The number of carboxylic acids is 1. The van der Waals surface area contributed by atoms with Crippen molar-refractivity contribution in [1.82, 2.24) is 20.3 Å². The number of nitrogens with one attached hydrogen (secondary N) is 1. The summed E-state index contributed by atoms with van der Waals surface area (Å²) in [6.07, 6.45) is 0.570. The minimum atomic E-state index is -3.30. The van der Waals surface area contributed by atoms with Crippen LogP contribution in [0.3, 0.4) is 0 Å². The number of likely N-dealkylation sites (tertiary alicyclic amines) is 1. The highest BCUT2D eigenvalue weighted by molar-refractivity contribution is 7.11. The number of aromatic nitrogens is 1. The number of carbonyl (C=O) groups is 2. The Labute approximate surface area is 260 Å². The molecular formula is C29H33F4N5O6S. The van der Waals surface area contributed by atoms with E-state index in [9.17, 15) is 23.5 Å². The number of thiazole rings is 1. The zero-order valence-corrected chi connectivity index (χ0v) is 26.0. The summed E-state index contributed by atoms with van der Waals surface area (Å²) in [7, 11) is 2.46. The fourth-order valence-corrected chi connectivity index (χ4v) is 6.55. The molecular weight excluding hydrogens is 622 g/mol. The molecule has 0 radical (unpaired) electrons. The maximum atomic E-state index is 15.7. The summed E-state index contributed by atoms with van der Waals surface area (Å²) in [5.74, 6) is -7.24. The number of hydroxylamine groups is 2. The molecule has 1 aromatic heterocycles. The summed E-state index contributed by atoms with van der Waals surface area (Å²) >= 11 is 1.23. The number of amidine groups is 1. The van der Waals surface area contributed by atoms with Crippen molar-refractivity contribution in [3.8, 4) is 0 Å². The van der Waals surface area contributed by atoms with Gasteiger partial charge in [0.15, 0.2) is 22.5 Å². The van der Waals surface area contributed by atoms with E-state index < -0.39 is 65.7 Å². The second-order valence-electron chi connectivity index (χ2n) is 11.6. The van der Waals surface area contributed by atoms with Crippen molar-refractivity contribution in [1.29, 1.82) is 0 Å². The van der Waals surface area contributed by atoms with E-state index >= 15 is 8.78 Å². The van der Waals surface area contributed by atoms with Crippen molar-refractivity contribution in [2.75, 3.05) is 40.5 Å². The number of hydrogen-bond donors (Lipinski definition) is 2. The average Bonchev–Trinajstić information content (AvgIpc) is 3.73. The Morgan fingerprint density at radius 1 is 1.29 bits per heavy atom. The number of carboxylic acid groups (broad SMARTS) is 1. The van der Waals surface area contributed by atoms with Crippen LogP contribution in [0.25, 0.3) is 0 Å². The zero-order valence-electron chi connectivity index (χ0n) is 25.1. The molecule has 0 unspecified atom stereocenters. The first-order valence-electron chi connectivity index (χ1n) is 14.0. The number of carbonyl (C=O) groups excluding carboxylic acids is 1. The lowest BCUT2D eigenvalue weighted by Gasteiger charge is -2.34. The molecule has 2 N–H and O–H groups in total. The van der Waals surface area contributed by atoms with Gasteiger partial charge in [-0.25, -0.2) is 27.3 Å². The van der Waals surface area contributed by atoms with Crippen LogP contribution in [0.5, 0.6) is 0 Å². The molecule has 4 atom stereocenters. The smallest absolute Gasteiger partial charge is 0.338 e. The fourth-order valence-electron chi connectivity index (χ4n) is 5.96. The quantitative estimate of drug-likeness (QED) is 0.291. The third-order valence-electron chi connectivity index (χ3n) is 8.59. The van der Waals surface area contributed by atoms with Crippen molar-refractivity contribution in [3.05, 3.63) is 62.7 Å². The molecule has 2 fully saturated rings. The number of alkyl halides is 2. The predicted octanol–water partition coefficient (Wildman–Crippen LogP) is 3.31. The molecule has 5 rings (SSSR count). The largest absolute Gasteiger partial charge is 0.481 e. The molecule has 0 aliphatic carbocycles. The maximum Gasteiger partial charge on any atom is 0.338 e. The van der Waals surface area contributed by atoms with Gasteiger partial charge in [0.25, 0.3) is 5.92 Å².